The lowest BCUT2D eigenvalue weighted by Crippen LogP contribution is -2.17. The number of benzene rings is 1. The highest BCUT2D eigenvalue weighted by Crippen LogP contribution is 2.17. The normalized spacial score (nSPS) is 11.8. The Morgan fingerprint density at radius 2 is 2.33 bits per heavy atom. The van der Waals surface area contributed by atoms with Gasteiger partial charge < -0.3 is 16.3 Å². The molecule has 0 saturated carbocycles. The molecule has 2 aromatic rings. The molecule has 21 heavy (non-hydrogen) atoms. The van der Waals surface area contributed by atoms with Gasteiger partial charge in [-0.25, -0.2) is 0 Å². The highest BCUT2D eigenvalue weighted by atomic mass is 35.5. The van der Waals surface area contributed by atoms with Crippen LogP contribution in [0.5, 0.6) is 0 Å². The molecule has 0 unspecified atom stereocenters. The molecule has 7 heteroatoms. The maximum absolute atomic E-state index is 8.63. The number of nitrogens with one attached hydrogen (secondary N) is 1. The third-order valence-electron chi connectivity index (χ3n) is 3.12. The first kappa shape index (κ1) is 15.3. The lowest BCUT2D eigenvalue weighted by molar-refractivity contribution is 0.318. The monoisotopic (exact) mass is 307 g/mol. The molecule has 4 N–H and O–H groups in total. The second kappa shape index (κ2) is 7.10. The zero-order valence-electron chi connectivity index (χ0n) is 11.8. The van der Waals surface area contributed by atoms with Crippen molar-refractivity contribution in [2.75, 3.05) is 6.54 Å². The molecule has 0 aliphatic rings. The number of aryl methyl sites for hydroxylation is 1. The Morgan fingerprint density at radius 3 is 2.95 bits per heavy atom. The fraction of sp³-hybridized carbons (Fsp3) is 0.286. The first-order valence-corrected chi connectivity index (χ1v) is 6.92. The van der Waals surface area contributed by atoms with E-state index >= 15 is 0 Å². The van der Waals surface area contributed by atoms with Crippen molar-refractivity contribution in [3.63, 3.8) is 0 Å². The first-order valence-electron chi connectivity index (χ1n) is 6.54. The van der Waals surface area contributed by atoms with Gasteiger partial charge in [0.05, 0.1) is 6.20 Å². The SMILES string of the molecule is Cn1cc(CCNCc2ccc(/C(N)=N/O)cc2Cl)cn1. The smallest absolute Gasteiger partial charge is 0.170 e. The molecule has 112 valence electrons. The van der Waals surface area contributed by atoms with Gasteiger partial charge in [-0.3, -0.25) is 4.68 Å². The van der Waals surface area contributed by atoms with E-state index in [-0.39, 0.29) is 5.84 Å². The molecule has 0 radical (unpaired) electrons. The van der Waals surface area contributed by atoms with Crippen LogP contribution in [0.15, 0.2) is 35.7 Å². The van der Waals surface area contributed by atoms with Gasteiger partial charge in [-0.2, -0.15) is 5.10 Å². The minimum atomic E-state index is 0.0491. The third-order valence-corrected chi connectivity index (χ3v) is 3.47. The Labute approximate surface area is 128 Å². The molecule has 0 amide bonds. The summed E-state index contributed by atoms with van der Waals surface area (Å²) in [6.07, 6.45) is 4.77. The summed E-state index contributed by atoms with van der Waals surface area (Å²) in [6, 6.07) is 5.33. The molecule has 1 aromatic carbocycles. The van der Waals surface area contributed by atoms with E-state index in [1.165, 1.54) is 5.56 Å². The lowest BCUT2D eigenvalue weighted by atomic mass is 10.1. The fourth-order valence-electron chi connectivity index (χ4n) is 1.96. The van der Waals surface area contributed by atoms with Gasteiger partial charge in [-0.05, 0) is 30.2 Å². The van der Waals surface area contributed by atoms with Crippen LogP contribution in [-0.2, 0) is 20.0 Å². The highest BCUT2D eigenvalue weighted by molar-refractivity contribution is 6.31. The number of hydrogen-bond donors (Lipinski definition) is 3. The number of amidine groups is 1. The van der Waals surface area contributed by atoms with Crippen LogP contribution >= 0.6 is 11.6 Å². The quantitative estimate of drug-likeness (QED) is 0.248. The molecule has 6 nitrogen and oxygen atoms in total. The maximum atomic E-state index is 8.63. The van der Waals surface area contributed by atoms with Gasteiger partial charge in [0.2, 0.25) is 0 Å². The van der Waals surface area contributed by atoms with E-state index in [1.54, 1.807) is 16.8 Å². The number of hydrogen-bond acceptors (Lipinski definition) is 4. The zero-order chi connectivity index (χ0) is 15.2. The third kappa shape index (κ3) is 4.21. The second-order valence-electron chi connectivity index (χ2n) is 4.74. The molecule has 0 aliphatic heterocycles. The number of nitrogens with two attached hydrogens (primary N) is 1. The van der Waals surface area contributed by atoms with Gasteiger partial charge in [0.1, 0.15) is 0 Å². The number of halogens is 1. The Hall–Kier alpha value is -2.05. The number of nitrogens with zero attached hydrogens (tertiary/aromatic N) is 3. The minimum absolute atomic E-state index is 0.0491. The van der Waals surface area contributed by atoms with Crippen molar-refractivity contribution in [3.05, 3.63) is 52.3 Å². The molecular formula is C14H18ClN5O. The summed E-state index contributed by atoms with van der Waals surface area (Å²) >= 11 is 6.18. The van der Waals surface area contributed by atoms with Crippen LogP contribution in [0, 0.1) is 0 Å². The minimum Gasteiger partial charge on any atom is -0.409 e. The van der Waals surface area contributed by atoms with Crippen molar-refractivity contribution < 1.29 is 5.21 Å². The summed E-state index contributed by atoms with van der Waals surface area (Å²) < 4.78 is 1.79. The largest absolute Gasteiger partial charge is 0.409 e. The first-order chi connectivity index (χ1) is 10.1. The van der Waals surface area contributed by atoms with E-state index in [1.807, 2.05) is 25.5 Å². The van der Waals surface area contributed by atoms with Crippen molar-refractivity contribution in [1.29, 1.82) is 0 Å². The Kier molecular flexibility index (Phi) is 5.19. The van der Waals surface area contributed by atoms with Gasteiger partial charge in [-0.1, -0.05) is 28.9 Å². The van der Waals surface area contributed by atoms with Crippen molar-refractivity contribution in [3.8, 4) is 0 Å². The van der Waals surface area contributed by atoms with E-state index in [0.29, 0.717) is 17.1 Å². The second-order valence-corrected chi connectivity index (χ2v) is 5.15. The van der Waals surface area contributed by atoms with E-state index in [2.05, 4.69) is 15.6 Å². The van der Waals surface area contributed by atoms with Crippen molar-refractivity contribution >= 4 is 17.4 Å². The molecule has 0 atom stereocenters. The van der Waals surface area contributed by atoms with Crippen LogP contribution in [-0.4, -0.2) is 27.4 Å². The standard InChI is InChI=1S/C14H18ClN5O/c1-20-9-10(7-18-20)4-5-17-8-12-3-2-11(6-13(12)15)14(16)19-21/h2-3,6-7,9,17,21H,4-5,8H2,1H3,(H2,16,19). The van der Waals surface area contributed by atoms with Crippen molar-refractivity contribution in [2.24, 2.45) is 17.9 Å². The van der Waals surface area contributed by atoms with Crippen LogP contribution in [0.3, 0.4) is 0 Å². The average molecular weight is 308 g/mol. The van der Waals surface area contributed by atoms with Crippen molar-refractivity contribution in [2.45, 2.75) is 13.0 Å². The molecule has 0 fully saturated rings. The van der Waals surface area contributed by atoms with E-state index in [4.69, 9.17) is 22.5 Å². The molecule has 1 heterocycles. The Morgan fingerprint density at radius 1 is 1.52 bits per heavy atom. The molecule has 0 saturated heterocycles. The average Bonchev–Trinajstić information content (AvgIpc) is 2.89. The van der Waals surface area contributed by atoms with Crippen LogP contribution in [0.25, 0.3) is 0 Å². The fourth-order valence-corrected chi connectivity index (χ4v) is 2.21. The van der Waals surface area contributed by atoms with Crippen molar-refractivity contribution in [1.82, 2.24) is 15.1 Å². The van der Waals surface area contributed by atoms with Gasteiger partial charge in [0.15, 0.2) is 5.84 Å². The Balaban J connectivity index is 1.86. The Bertz CT molecular complexity index is 638. The van der Waals surface area contributed by atoms with Gasteiger partial charge in [0, 0.05) is 30.4 Å². The predicted octanol–water partition coefficient (Wildman–Crippen LogP) is 1.50. The highest BCUT2D eigenvalue weighted by Gasteiger charge is 2.05. The zero-order valence-corrected chi connectivity index (χ0v) is 12.5. The summed E-state index contributed by atoms with van der Waals surface area (Å²) in [7, 11) is 1.90. The predicted molar refractivity (Wildman–Crippen MR) is 82.6 cm³/mol. The topological polar surface area (TPSA) is 88.5 Å². The van der Waals surface area contributed by atoms with E-state index < -0.39 is 0 Å². The summed E-state index contributed by atoms with van der Waals surface area (Å²) in [6.45, 7) is 1.50. The molecule has 2 rings (SSSR count). The van der Waals surface area contributed by atoms with Gasteiger partial charge in [0.25, 0.3) is 0 Å². The number of oxime groups is 1. The van der Waals surface area contributed by atoms with Crippen LogP contribution < -0.4 is 11.1 Å². The number of aromatic nitrogens is 2. The molecular weight excluding hydrogens is 290 g/mol. The van der Waals surface area contributed by atoms with Crippen LogP contribution in [0.2, 0.25) is 5.02 Å². The lowest BCUT2D eigenvalue weighted by Gasteiger charge is -2.08. The van der Waals surface area contributed by atoms with Gasteiger partial charge in [-0.15, -0.1) is 0 Å². The van der Waals surface area contributed by atoms with Crippen LogP contribution in [0.4, 0.5) is 0 Å². The van der Waals surface area contributed by atoms with E-state index in [9.17, 15) is 0 Å². The summed E-state index contributed by atoms with van der Waals surface area (Å²) in [4.78, 5) is 0. The summed E-state index contributed by atoms with van der Waals surface area (Å²) in [5, 5.41) is 19.6. The van der Waals surface area contributed by atoms with E-state index in [0.717, 1.165) is 18.5 Å². The number of rotatable bonds is 6. The molecule has 0 aliphatic carbocycles. The molecule has 0 spiro atoms. The summed E-state index contributed by atoms with van der Waals surface area (Å²) in [5.74, 6) is 0.0491. The summed E-state index contributed by atoms with van der Waals surface area (Å²) in [5.41, 5.74) is 8.28. The van der Waals surface area contributed by atoms with Crippen LogP contribution in [0.1, 0.15) is 16.7 Å². The molecule has 0 bridgehead atoms. The van der Waals surface area contributed by atoms with Gasteiger partial charge >= 0.3 is 0 Å². The molecule has 1 aromatic heterocycles. The maximum Gasteiger partial charge on any atom is 0.170 e.